The number of H-pyrrole nitrogens is 1. The molecular formula is C20H19FN4O. The van der Waals surface area contributed by atoms with Gasteiger partial charge in [-0.05, 0) is 30.3 Å². The molecule has 0 bridgehead atoms. The second-order valence-electron chi connectivity index (χ2n) is 7.41. The lowest BCUT2D eigenvalue weighted by Crippen LogP contribution is -2.71. The van der Waals surface area contributed by atoms with Crippen LogP contribution >= 0.6 is 0 Å². The van der Waals surface area contributed by atoms with Crippen molar-refractivity contribution >= 4 is 22.4 Å². The number of nitrogens with one attached hydrogen (secondary N) is 1. The smallest absolute Gasteiger partial charge is 0.129 e. The molecule has 2 atom stereocenters. The maximum absolute atomic E-state index is 13.5. The molecule has 1 unspecified atom stereocenters. The van der Waals surface area contributed by atoms with E-state index in [1.54, 1.807) is 6.07 Å². The Labute approximate surface area is 150 Å². The van der Waals surface area contributed by atoms with Gasteiger partial charge in [0.05, 0.1) is 30.6 Å². The fraction of sp³-hybridized carbons (Fsp3) is 0.350. The highest BCUT2D eigenvalue weighted by molar-refractivity contribution is 5.85. The van der Waals surface area contributed by atoms with Crippen LogP contribution in [-0.4, -0.2) is 41.8 Å². The summed E-state index contributed by atoms with van der Waals surface area (Å²) in [5, 5.41) is 1.12. The number of pyridine rings is 1. The molecule has 3 aliphatic rings. The van der Waals surface area contributed by atoms with E-state index in [4.69, 9.17) is 4.74 Å². The van der Waals surface area contributed by atoms with Crippen molar-refractivity contribution in [2.45, 2.75) is 25.1 Å². The van der Waals surface area contributed by atoms with Gasteiger partial charge in [0.15, 0.2) is 0 Å². The third-order valence-corrected chi connectivity index (χ3v) is 6.02. The van der Waals surface area contributed by atoms with Crippen molar-refractivity contribution in [3.8, 4) is 0 Å². The zero-order valence-electron chi connectivity index (χ0n) is 14.3. The van der Waals surface area contributed by atoms with Gasteiger partial charge in [0.25, 0.3) is 0 Å². The van der Waals surface area contributed by atoms with Crippen molar-refractivity contribution < 1.29 is 9.13 Å². The topological polar surface area (TPSA) is 44.4 Å². The van der Waals surface area contributed by atoms with Gasteiger partial charge in [-0.2, -0.15) is 0 Å². The van der Waals surface area contributed by atoms with E-state index in [-0.39, 0.29) is 5.82 Å². The Morgan fingerprint density at radius 3 is 2.92 bits per heavy atom. The molecular weight excluding hydrogens is 331 g/mol. The molecule has 0 aliphatic carbocycles. The van der Waals surface area contributed by atoms with Crippen LogP contribution in [0.15, 0.2) is 36.5 Å². The van der Waals surface area contributed by atoms with E-state index < -0.39 is 0 Å². The first-order chi connectivity index (χ1) is 12.8. The largest absolute Gasteiger partial charge is 0.372 e. The maximum Gasteiger partial charge on any atom is 0.129 e. The van der Waals surface area contributed by atoms with Crippen LogP contribution in [0, 0.1) is 5.82 Å². The summed E-state index contributed by atoms with van der Waals surface area (Å²) in [4.78, 5) is 12.7. The number of halogens is 1. The Morgan fingerprint density at radius 1 is 1.23 bits per heavy atom. The van der Waals surface area contributed by atoms with Crippen LogP contribution in [0.25, 0.3) is 10.9 Å². The van der Waals surface area contributed by atoms with Crippen LogP contribution < -0.4 is 9.80 Å². The molecule has 5 heterocycles. The average molecular weight is 350 g/mol. The molecule has 0 saturated carbocycles. The molecule has 1 N–H and O–H groups in total. The Morgan fingerprint density at radius 2 is 2.19 bits per heavy atom. The minimum Gasteiger partial charge on any atom is -0.372 e. The van der Waals surface area contributed by atoms with Crippen LogP contribution in [0.2, 0.25) is 0 Å². The zero-order valence-corrected chi connectivity index (χ0v) is 14.3. The number of nitrogens with zero attached hydrogens (tertiary/aromatic N) is 3. The first-order valence-corrected chi connectivity index (χ1v) is 9.14. The average Bonchev–Trinajstić information content (AvgIpc) is 3.00. The summed E-state index contributed by atoms with van der Waals surface area (Å²) < 4.78 is 18.9. The molecule has 2 aromatic heterocycles. The van der Waals surface area contributed by atoms with E-state index in [0.717, 1.165) is 55.1 Å². The lowest BCUT2D eigenvalue weighted by Gasteiger charge is -2.55. The Balaban J connectivity index is 1.26. The summed E-state index contributed by atoms with van der Waals surface area (Å²) in [7, 11) is 0. The number of hydrogen-bond donors (Lipinski definition) is 1. The SMILES string of the molecule is Fc1ccc2c3c([nH]c2c1)CCN(c1ccc(N2CC4OC[C@@H]42)nc1)C3. The summed E-state index contributed by atoms with van der Waals surface area (Å²) in [6.45, 7) is 3.54. The zero-order chi connectivity index (χ0) is 17.3. The summed E-state index contributed by atoms with van der Waals surface area (Å²) in [5.41, 5.74) is 4.52. The van der Waals surface area contributed by atoms with E-state index in [2.05, 4.69) is 31.9 Å². The van der Waals surface area contributed by atoms with E-state index in [9.17, 15) is 4.39 Å². The molecule has 1 aromatic carbocycles. The summed E-state index contributed by atoms with van der Waals surface area (Å²) in [5.74, 6) is 0.844. The Hall–Kier alpha value is -2.60. The van der Waals surface area contributed by atoms with Crippen LogP contribution in [-0.2, 0) is 17.7 Å². The van der Waals surface area contributed by atoms with Crippen LogP contribution in [0.5, 0.6) is 0 Å². The van der Waals surface area contributed by atoms with E-state index in [1.165, 1.54) is 17.3 Å². The third-order valence-electron chi connectivity index (χ3n) is 6.02. The molecule has 0 amide bonds. The summed E-state index contributed by atoms with van der Waals surface area (Å²) in [6, 6.07) is 9.80. The van der Waals surface area contributed by atoms with Crippen molar-refractivity contribution in [2.75, 3.05) is 29.5 Å². The van der Waals surface area contributed by atoms with Crippen molar-refractivity contribution in [2.24, 2.45) is 0 Å². The first kappa shape index (κ1) is 14.6. The first-order valence-electron chi connectivity index (χ1n) is 9.14. The minimum absolute atomic E-state index is 0.196. The number of ether oxygens (including phenoxy) is 1. The minimum atomic E-state index is -0.196. The van der Waals surface area contributed by atoms with Gasteiger partial charge < -0.3 is 19.5 Å². The molecule has 26 heavy (non-hydrogen) atoms. The van der Waals surface area contributed by atoms with Crippen molar-refractivity contribution in [3.63, 3.8) is 0 Å². The second-order valence-corrected chi connectivity index (χ2v) is 7.41. The lowest BCUT2D eigenvalue weighted by molar-refractivity contribution is -0.113. The van der Waals surface area contributed by atoms with E-state index in [1.807, 2.05) is 12.3 Å². The number of fused-ring (bicyclic) bond motifs is 4. The lowest BCUT2D eigenvalue weighted by atomic mass is 9.95. The van der Waals surface area contributed by atoms with E-state index in [0.29, 0.717) is 12.1 Å². The highest BCUT2D eigenvalue weighted by Gasteiger charge is 2.47. The van der Waals surface area contributed by atoms with Crippen molar-refractivity contribution in [1.29, 1.82) is 0 Å². The fourth-order valence-corrected chi connectivity index (χ4v) is 4.39. The molecule has 132 valence electrons. The molecule has 2 saturated heterocycles. The Kier molecular flexibility index (Phi) is 2.91. The predicted octanol–water partition coefficient (Wildman–Crippen LogP) is 2.85. The van der Waals surface area contributed by atoms with Crippen molar-refractivity contribution in [1.82, 2.24) is 9.97 Å². The van der Waals surface area contributed by atoms with Gasteiger partial charge in [0.1, 0.15) is 11.6 Å². The third kappa shape index (κ3) is 2.02. The van der Waals surface area contributed by atoms with Crippen LogP contribution in [0.4, 0.5) is 15.9 Å². The molecule has 6 heteroatoms. The summed E-state index contributed by atoms with van der Waals surface area (Å²) in [6.07, 6.45) is 3.33. The van der Waals surface area contributed by atoms with Gasteiger partial charge in [-0.15, -0.1) is 0 Å². The second kappa shape index (κ2) is 5.20. The number of aromatic amines is 1. The number of aromatic nitrogens is 2. The molecule has 2 fully saturated rings. The highest BCUT2D eigenvalue weighted by Crippen LogP contribution is 2.35. The number of morpholine rings is 1. The normalized spacial score (nSPS) is 24.0. The van der Waals surface area contributed by atoms with Gasteiger partial charge in [-0.3, -0.25) is 0 Å². The molecule has 5 nitrogen and oxygen atoms in total. The number of hydrogen-bond acceptors (Lipinski definition) is 4. The summed E-state index contributed by atoms with van der Waals surface area (Å²) >= 11 is 0. The van der Waals surface area contributed by atoms with Gasteiger partial charge in [-0.25, -0.2) is 9.37 Å². The van der Waals surface area contributed by atoms with Crippen molar-refractivity contribution in [3.05, 3.63) is 53.6 Å². The monoisotopic (exact) mass is 350 g/mol. The quantitative estimate of drug-likeness (QED) is 0.772. The van der Waals surface area contributed by atoms with Gasteiger partial charge in [0, 0.05) is 48.2 Å². The number of rotatable bonds is 2. The molecule has 3 aromatic rings. The van der Waals surface area contributed by atoms with Gasteiger partial charge >= 0.3 is 0 Å². The number of benzene rings is 1. The van der Waals surface area contributed by atoms with E-state index >= 15 is 0 Å². The predicted molar refractivity (Wildman–Crippen MR) is 98.1 cm³/mol. The fourth-order valence-electron chi connectivity index (χ4n) is 4.39. The van der Waals surface area contributed by atoms with Crippen LogP contribution in [0.1, 0.15) is 11.3 Å². The van der Waals surface area contributed by atoms with Gasteiger partial charge in [0.2, 0.25) is 0 Å². The highest BCUT2D eigenvalue weighted by atomic mass is 19.1. The van der Waals surface area contributed by atoms with Crippen LogP contribution in [0.3, 0.4) is 0 Å². The maximum atomic E-state index is 13.5. The number of anilines is 2. The Bertz CT molecular complexity index is 999. The molecule has 3 aliphatic heterocycles. The van der Waals surface area contributed by atoms with Gasteiger partial charge in [-0.1, -0.05) is 0 Å². The standard InChI is InChI=1S/C20H19FN4O/c21-12-1-3-14-15-9-24(6-5-16(15)23-17(14)7-12)13-2-4-20(22-8-13)25-10-19-18(25)11-26-19/h1-4,7-8,18-19,23H,5-6,9-11H2/t18-,19?/m0/s1. The molecule has 0 radical (unpaired) electrons. The molecule has 0 spiro atoms. The molecule has 6 rings (SSSR count).